The summed E-state index contributed by atoms with van der Waals surface area (Å²) in [6, 6.07) is 31.2. The summed E-state index contributed by atoms with van der Waals surface area (Å²) < 4.78 is 47.2. The average molecular weight is 901 g/mol. The van der Waals surface area contributed by atoms with Crippen LogP contribution in [0.1, 0.15) is 44.9 Å². The first-order valence-corrected chi connectivity index (χ1v) is 24.1. The van der Waals surface area contributed by atoms with Crippen molar-refractivity contribution in [2.75, 3.05) is 123 Å². The third kappa shape index (κ3) is 11.5. The fourth-order valence-corrected chi connectivity index (χ4v) is 10.6. The maximum Gasteiger partial charge on any atom is 0.130 e. The summed E-state index contributed by atoms with van der Waals surface area (Å²) in [4.78, 5) is 21.8. The van der Waals surface area contributed by atoms with Crippen LogP contribution in [-0.2, 0) is 14.2 Å². The Morgan fingerprint density at radius 2 is 1.41 bits per heavy atom. The lowest BCUT2D eigenvalue weighted by Gasteiger charge is -2.41. The van der Waals surface area contributed by atoms with Gasteiger partial charge in [0.15, 0.2) is 0 Å². The molecule has 1 N–H and O–H groups in total. The molecular weight excluding hydrogens is 835 g/mol. The van der Waals surface area contributed by atoms with Gasteiger partial charge in [-0.25, -0.2) is 18.7 Å². The number of methoxy groups -OCH3 is 1. The van der Waals surface area contributed by atoms with Crippen molar-refractivity contribution in [3.63, 3.8) is 0 Å². The summed E-state index contributed by atoms with van der Waals surface area (Å²) >= 11 is 0. The number of nitrogens with zero attached hydrogens (tertiary/aromatic N) is 7. The van der Waals surface area contributed by atoms with Crippen LogP contribution < -0.4 is 29.8 Å². The lowest BCUT2D eigenvalue weighted by molar-refractivity contribution is 0.0262. The van der Waals surface area contributed by atoms with Gasteiger partial charge in [-0.1, -0.05) is 24.3 Å². The SMILES string of the molecule is COCCOCCOCCN(c1cc(N2CC3CCC(C3)C2)ccn1)[C@@H]1CCCN(c2cc(F)cc(-c3cc(N(C)c4ccccc4)cc(N[C@@H]4CCCN(c5cccc(F)c5)C4)n3)c2)C1. The van der Waals surface area contributed by atoms with Gasteiger partial charge in [-0.3, -0.25) is 0 Å². The molecule has 5 heterocycles. The van der Waals surface area contributed by atoms with Crippen LogP contribution in [0, 0.1) is 23.5 Å². The van der Waals surface area contributed by atoms with Gasteiger partial charge in [-0.15, -0.1) is 0 Å². The molecule has 0 radical (unpaired) electrons. The molecule has 1 aliphatic carbocycles. The number of ether oxygens (including phenoxy) is 3. The molecule has 4 atom stereocenters. The van der Waals surface area contributed by atoms with E-state index in [2.05, 4.69) is 66.2 Å². The van der Waals surface area contributed by atoms with E-state index in [0.29, 0.717) is 69.7 Å². The van der Waals surface area contributed by atoms with Crippen molar-refractivity contribution in [1.29, 1.82) is 0 Å². The van der Waals surface area contributed by atoms with Gasteiger partial charge in [-0.2, -0.15) is 0 Å². The molecule has 4 aliphatic rings. The van der Waals surface area contributed by atoms with Crippen molar-refractivity contribution >= 4 is 40.1 Å². The third-order valence-electron chi connectivity index (χ3n) is 13.9. The molecule has 0 amide bonds. The van der Waals surface area contributed by atoms with Crippen LogP contribution in [0.4, 0.5) is 48.9 Å². The predicted octanol–water partition coefficient (Wildman–Crippen LogP) is 9.66. The molecule has 2 aromatic heterocycles. The minimum absolute atomic E-state index is 0.0840. The Kier molecular flexibility index (Phi) is 15.1. The normalized spacial score (nSPS) is 20.7. The maximum absolute atomic E-state index is 16.1. The molecule has 66 heavy (non-hydrogen) atoms. The topological polar surface area (TPSA) is 81.7 Å². The molecule has 2 bridgehead atoms. The molecule has 3 saturated heterocycles. The summed E-state index contributed by atoms with van der Waals surface area (Å²) in [7, 11) is 3.72. The lowest BCUT2D eigenvalue weighted by atomic mass is 9.98. The van der Waals surface area contributed by atoms with Crippen molar-refractivity contribution in [3.05, 3.63) is 115 Å². The Balaban J connectivity index is 0.965. The van der Waals surface area contributed by atoms with E-state index >= 15 is 4.39 Å². The van der Waals surface area contributed by atoms with Crippen LogP contribution in [0.5, 0.6) is 0 Å². The molecule has 13 heteroatoms. The zero-order valence-electron chi connectivity index (χ0n) is 38.7. The first-order chi connectivity index (χ1) is 32.3. The fraction of sp³-hybridized carbons (Fsp3) is 0.472. The molecule has 0 spiro atoms. The van der Waals surface area contributed by atoms with E-state index in [0.717, 1.165) is 92.3 Å². The van der Waals surface area contributed by atoms with Gasteiger partial charge < -0.3 is 44.0 Å². The second kappa shape index (κ2) is 21.9. The van der Waals surface area contributed by atoms with Crippen LogP contribution >= 0.6 is 0 Å². The quantitative estimate of drug-likeness (QED) is 0.0806. The molecule has 350 valence electrons. The number of aromatic nitrogens is 2. The Morgan fingerprint density at radius 1 is 0.667 bits per heavy atom. The number of piperidine rings is 3. The van der Waals surface area contributed by atoms with Crippen molar-refractivity contribution in [2.24, 2.45) is 11.8 Å². The van der Waals surface area contributed by atoms with Gasteiger partial charge in [0.2, 0.25) is 0 Å². The van der Waals surface area contributed by atoms with Gasteiger partial charge in [0.25, 0.3) is 0 Å². The maximum atomic E-state index is 16.1. The Bertz CT molecular complexity index is 2330. The van der Waals surface area contributed by atoms with E-state index in [1.54, 1.807) is 31.4 Å². The van der Waals surface area contributed by atoms with Crippen molar-refractivity contribution in [3.8, 4) is 11.3 Å². The third-order valence-corrected chi connectivity index (χ3v) is 13.9. The molecule has 2 unspecified atom stereocenters. The molecule has 5 aromatic rings. The second-order valence-corrected chi connectivity index (χ2v) is 18.6. The number of para-hydroxylation sites is 1. The number of hydrogen-bond acceptors (Lipinski definition) is 11. The van der Waals surface area contributed by atoms with E-state index in [-0.39, 0.29) is 23.7 Å². The number of rotatable bonds is 19. The number of anilines is 7. The van der Waals surface area contributed by atoms with Crippen LogP contribution in [0.15, 0.2) is 103 Å². The van der Waals surface area contributed by atoms with Crippen molar-refractivity contribution < 1.29 is 23.0 Å². The number of pyridine rings is 2. The van der Waals surface area contributed by atoms with Gasteiger partial charge in [0.05, 0.1) is 38.7 Å². The Morgan fingerprint density at radius 3 is 2.21 bits per heavy atom. The van der Waals surface area contributed by atoms with E-state index in [4.69, 9.17) is 24.2 Å². The smallest absolute Gasteiger partial charge is 0.130 e. The highest BCUT2D eigenvalue weighted by Crippen LogP contribution is 2.39. The molecule has 3 aromatic carbocycles. The van der Waals surface area contributed by atoms with Crippen molar-refractivity contribution in [1.82, 2.24) is 9.97 Å². The van der Waals surface area contributed by atoms with Gasteiger partial charge in [0.1, 0.15) is 23.3 Å². The van der Waals surface area contributed by atoms with Crippen LogP contribution in [-0.4, -0.2) is 115 Å². The minimum Gasteiger partial charge on any atom is -0.382 e. The number of fused-ring (bicyclic) bond motifs is 2. The fourth-order valence-electron chi connectivity index (χ4n) is 10.6. The summed E-state index contributed by atoms with van der Waals surface area (Å²) in [6.45, 7) is 8.66. The Hall–Kier alpha value is -5.50. The largest absolute Gasteiger partial charge is 0.382 e. The van der Waals surface area contributed by atoms with Crippen LogP contribution in [0.3, 0.4) is 0 Å². The monoisotopic (exact) mass is 901 g/mol. The van der Waals surface area contributed by atoms with Gasteiger partial charge in [0, 0.05) is 124 Å². The Labute approximate surface area is 389 Å². The standard InChI is InChI=1S/C53H66F2N8O3/c1-59(45-11-4-3-5-12-45)49-32-51(58-52(33-49)57-44-10-7-19-60(37-44)46-13-6-9-42(54)30-46)41-28-43(55)31-50(29-41)61-20-8-14-48(38-61)63(21-22-65-25-26-66-24-23-64-2)53-34-47(17-18-56-53)62-35-39-15-16-40(27-39)36-62/h3-6,9,11-13,17-18,28-34,39-40,44,48H,7-8,10,14-16,19-27,35-38H2,1-2H3,(H,57,58)/t39?,40?,44-,48-/m1/s1. The van der Waals surface area contributed by atoms with E-state index in [1.165, 1.54) is 31.0 Å². The van der Waals surface area contributed by atoms with Crippen LogP contribution in [0.25, 0.3) is 11.3 Å². The molecule has 1 saturated carbocycles. The summed E-state index contributed by atoms with van der Waals surface area (Å²) in [5.41, 5.74) is 6.31. The highest BCUT2D eigenvalue weighted by Gasteiger charge is 2.34. The second-order valence-electron chi connectivity index (χ2n) is 18.6. The van der Waals surface area contributed by atoms with E-state index < -0.39 is 0 Å². The summed E-state index contributed by atoms with van der Waals surface area (Å²) in [5, 5.41) is 3.73. The van der Waals surface area contributed by atoms with Crippen LogP contribution in [0.2, 0.25) is 0 Å². The molecule has 11 nitrogen and oxygen atoms in total. The number of nitrogens with one attached hydrogen (secondary N) is 1. The molecule has 9 rings (SSSR count). The minimum atomic E-state index is -0.302. The number of benzene rings is 3. The number of halogens is 2. The molecular formula is C53H66F2N8O3. The zero-order chi connectivity index (χ0) is 45.2. The summed E-state index contributed by atoms with van der Waals surface area (Å²) in [5.74, 6) is 2.69. The molecule has 4 fully saturated rings. The first kappa shape index (κ1) is 45.6. The lowest BCUT2D eigenvalue weighted by Crippen LogP contribution is -2.49. The summed E-state index contributed by atoms with van der Waals surface area (Å²) in [6.07, 6.45) is 9.84. The predicted molar refractivity (Wildman–Crippen MR) is 263 cm³/mol. The molecule has 3 aliphatic heterocycles. The highest BCUT2D eigenvalue weighted by atomic mass is 19.1. The van der Waals surface area contributed by atoms with E-state index in [1.807, 2.05) is 43.6 Å². The van der Waals surface area contributed by atoms with Crippen molar-refractivity contribution in [2.45, 2.75) is 57.0 Å². The zero-order valence-corrected chi connectivity index (χ0v) is 38.7. The average Bonchev–Trinajstić information content (AvgIpc) is 3.69. The highest BCUT2D eigenvalue weighted by molar-refractivity contribution is 5.75. The first-order valence-electron chi connectivity index (χ1n) is 24.1. The van der Waals surface area contributed by atoms with Gasteiger partial charge in [-0.05, 0) is 117 Å². The number of hydrogen-bond donors (Lipinski definition) is 1. The van der Waals surface area contributed by atoms with E-state index in [9.17, 15) is 4.39 Å². The van der Waals surface area contributed by atoms with Gasteiger partial charge >= 0.3 is 0 Å².